The van der Waals surface area contributed by atoms with Crippen LogP contribution in [-0.4, -0.2) is 25.3 Å². The molecule has 0 saturated carbocycles. The van der Waals surface area contributed by atoms with Gasteiger partial charge in [0.2, 0.25) is 0 Å². The highest BCUT2D eigenvalue weighted by Crippen LogP contribution is 2.32. The van der Waals surface area contributed by atoms with Crippen LogP contribution in [0.1, 0.15) is 18.9 Å². The van der Waals surface area contributed by atoms with Crippen molar-refractivity contribution in [3.05, 3.63) is 29.8 Å². The predicted molar refractivity (Wildman–Crippen MR) is 67.7 cm³/mol. The van der Waals surface area contributed by atoms with E-state index >= 15 is 0 Å². The summed E-state index contributed by atoms with van der Waals surface area (Å²) in [4.78, 5) is 1.38. The lowest BCUT2D eigenvalue weighted by Crippen LogP contribution is -2.47. The fourth-order valence-electron chi connectivity index (χ4n) is 2.10. The monoisotopic (exact) mass is 260 g/mol. The van der Waals surface area contributed by atoms with E-state index < -0.39 is 12.2 Å². The summed E-state index contributed by atoms with van der Waals surface area (Å²) in [5.74, 6) is 0. The lowest BCUT2D eigenvalue weighted by atomic mass is 10.1. The first-order valence-corrected chi connectivity index (χ1v) is 6.00. The summed E-state index contributed by atoms with van der Waals surface area (Å²) < 4.78 is 39.2. The maximum absolute atomic E-state index is 13.1. The van der Waals surface area contributed by atoms with Crippen LogP contribution in [0, 0.1) is 6.92 Å². The standard InChI is InChI=1S/C13H19F3N2/c1-3-18(11-7-5-4-6-10(11)2)12(8-9-17)13(14,15)16/h4-7,12H,3,8-9,17H2,1-2H3. The first-order chi connectivity index (χ1) is 8.41. The van der Waals surface area contributed by atoms with Crippen molar-refractivity contribution in [1.29, 1.82) is 0 Å². The number of nitrogens with zero attached hydrogens (tertiary/aromatic N) is 1. The van der Waals surface area contributed by atoms with Crippen LogP contribution >= 0.6 is 0 Å². The number of halogens is 3. The molecule has 0 fully saturated rings. The van der Waals surface area contributed by atoms with Gasteiger partial charge in [-0.05, 0) is 38.4 Å². The minimum absolute atomic E-state index is 0.0204. The van der Waals surface area contributed by atoms with Gasteiger partial charge in [0.25, 0.3) is 0 Å². The fraction of sp³-hybridized carbons (Fsp3) is 0.538. The molecule has 1 rings (SSSR count). The molecule has 2 nitrogen and oxygen atoms in total. The number of anilines is 1. The van der Waals surface area contributed by atoms with Gasteiger partial charge < -0.3 is 10.6 Å². The van der Waals surface area contributed by atoms with Crippen LogP contribution in [-0.2, 0) is 0 Å². The summed E-state index contributed by atoms with van der Waals surface area (Å²) in [7, 11) is 0. The molecule has 0 bridgehead atoms. The van der Waals surface area contributed by atoms with Gasteiger partial charge in [0.15, 0.2) is 0 Å². The van der Waals surface area contributed by atoms with Gasteiger partial charge in [-0.15, -0.1) is 0 Å². The lowest BCUT2D eigenvalue weighted by Gasteiger charge is -2.35. The SMILES string of the molecule is CCN(c1ccccc1C)C(CCN)C(F)(F)F. The Labute approximate surface area is 106 Å². The molecule has 0 aliphatic carbocycles. The molecular formula is C13H19F3N2. The number of aryl methyl sites for hydroxylation is 1. The van der Waals surface area contributed by atoms with Gasteiger partial charge in [0.1, 0.15) is 6.04 Å². The number of benzene rings is 1. The van der Waals surface area contributed by atoms with Crippen molar-refractivity contribution < 1.29 is 13.2 Å². The van der Waals surface area contributed by atoms with E-state index in [-0.39, 0.29) is 13.0 Å². The van der Waals surface area contributed by atoms with Crippen molar-refractivity contribution in [2.45, 2.75) is 32.5 Å². The molecule has 0 heterocycles. The Morgan fingerprint density at radius 1 is 1.28 bits per heavy atom. The zero-order valence-corrected chi connectivity index (χ0v) is 10.7. The average Bonchev–Trinajstić information content (AvgIpc) is 2.30. The van der Waals surface area contributed by atoms with Crippen LogP contribution in [0.2, 0.25) is 0 Å². The molecule has 1 atom stereocenters. The first kappa shape index (κ1) is 14.8. The van der Waals surface area contributed by atoms with E-state index in [9.17, 15) is 13.2 Å². The molecule has 0 aromatic heterocycles. The topological polar surface area (TPSA) is 29.3 Å². The minimum Gasteiger partial charge on any atom is -0.360 e. The number of alkyl halides is 3. The van der Waals surface area contributed by atoms with Crippen LogP contribution in [0.25, 0.3) is 0 Å². The Morgan fingerprint density at radius 2 is 1.89 bits per heavy atom. The number of hydrogen-bond donors (Lipinski definition) is 1. The molecule has 0 radical (unpaired) electrons. The summed E-state index contributed by atoms with van der Waals surface area (Å²) >= 11 is 0. The lowest BCUT2D eigenvalue weighted by molar-refractivity contribution is -0.149. The average molecular weight is 260 g/mol. The van der Waals surface area contributed by atoms with Gasteiger partial charge in [-0.1, -0.05) is 18.2 Å². The molecule has 0 saturated heterocycles. The normalized spacial score (nSPS) is 13.4. The summed E-state index contributed by atoms with van der Waals surface area (Å²) in [6.45, 7) is 3.86. The second kappa shape index (κ2) is 6.09. The number of hydrogen-bond acceptors (Lipinski definition) is 2. The van der Waals surface area contributed by atoms with Gasteiger partial charge >= 0.3 is 6.18 Å². The summed E-state index contributed by atoms with van der Waals surface area (Å²) in [6.07, 6.45) is -4.36. The van der Waals surface area contributed by atoms with Crippen molar-refractivity contribution in [3.8, 4) is 0 Å². The molecule has 102 valence electrons. The van der Waals surface area contributed by atoms with Gasteiger partial charge in [0, 0.05) is 12.2 Å². The van der Waals surface area contributed by atoms with E-state index in [1.54, 1.807) is 19.1 Å². The molecule has 2 N–H and O–H groups in total. The highest BCUT2D eigenvalue weighted by atomic mass is 19.4. The molecule has 1 aromatic carbocycles. The number of nitrogens with two attached hydrogens (primary N) is 1. The van der Waals surface area contributed by atoms with E-state index in [0.29, 0.717) is 12.2 Å². The van der Waals surface area contributed by atoms with E-state index in [1.807, 2.05) is 19.1 Å². The second-order valence-electron chi connectivity index (χ2n) is 4.21. The fourth-order valence-corrected chi connectivity index (χ4v) is 2.10. The minimum atomic E-state index is -4.27. The number of rotatable bonds is 5. The Hall–Kier alpha value is -1.23. The Bertz CT molecular complexity index is 377. The maximum Gasteiger partial charge on any atom is 0.408 e. The number of para-hydroxylation sites is 1. The molecule has 18 heavy (non-hydrogen) atoms. The molecule has 1 unspecified atom stereocenters. The van der Waals surface area contributed by atoms with E-state index in [2.05, 4.69) is 0 Å². The third kappa shape index (κ3) is 3.38. The quantitative estimate of drug-likeness (QED) is 0.881. The Kier molecular flexibility index (Phi) is 5.02. The van der Waals surface area contributed by atoms with Crippen molar-refractivity contribution in [2.75, 3.05) is 18.0 Å². The molecule has 5 heteroatoms. The summed E-state index contributed by atoms with van der Waals surface area (Å²) in [5, 5.41) is 0. The molecular weight excluding hydrogens is 241 g/mol. The molecule has 0 aliphatic heterocycles. The molecule has 0 spiro atoms. The van der Waals surface area contributed by atoms with Gasteiger partial charge in [-0.25, -0.2) is 0 Å². The van der Waals surface area contributed by atoms with E-state index in [4.69, 9.17) is 5.73 Å². The summed E-state index contributed by atoms with van der Waals surface area (Å²) in [6, 6.07) is 5.58. The Balaban J connectivity index is 3.10. The zero-order chi connectivity index (χ0) is 13.8. The largest absolute Gasteiger partial charge is 0.408 e. The van der Waals surface area contributed by atoms with Gasteiger partial charge in [-0.3, -0.25) is 0 Å². The first-order valence-electron chi connectivity index (χ1n) is 6.00. The smallest absolute Gasteiger partial charge is 0.360 e. The van der Waals surface area contributed by atoms with Crippen molar-refractivity contribution in [2.24, 2.45) is 5.73 Å². The van der Waals surface area contributed by atoms with Gasteiger partial charge in [-0.2, -0.15) is 13.2 Å². The van der Waals surface area contributed by atoms with Crippen LogP contribution in [0.5, 0.6) is 0 Å². The van der Waals surface area contributed by atoms with Crippen LogP contribution < -0.4 is 10.6 Å². The highest BCUT2D eigenvalue weighted by molar-refractivity contribution is 5.54. The van der Waals surface area contributed by atoms with E-state index in [0.717, 1.165) is 5.56 Å². The maximum atomic E-state index is 13.1. The van der Waals surface area contributed by atoms with Crippen molar-refractivity contribution >= 4 is 5.69 Å². The van der Waals surface area contributed by atoms with E-state index in [1.165, 1.54) is 4.90 Å². The van der Waals surface area contributed by atoms with Crippen LogP contribution in [0.4, 0.5) is 18.9 Å². The molecule has 0 aliphatic rings. The highest BCUT2D eigenvalue weighted by Gasteiger charge is 2.42. The third-order valence-corrected chi connectivity index (χ3v) is 2.96. The third-order valence-electron chi connectivity index (χ3n) is 2.96. The molecule has 1 aromatic rings. The van der Waals surface area contributed by atoms with Gasteiger partial charge in [0.05, 0.1) is 0 Å². The molecule has 0 amide bonds. The van der Waals surface area contributed by atoms with Crippen LogP contribution in [0.3, 0.4) is 0 Å². The second-order valence-corrected chi connectivity index (χ2v) is 4.21. The Morgan fingerprint density at radius 3 is 2.33 bits per heavy atom. The summed E-state index contributed by atoms with van der Waals surface area (Å²) in [5.41, 5.74) is 6.77. The zero-order valence-electron chi connectivity index (χ0n) is 10.7. The predicted octanol–water partition coefficient (Wildman–Crippen LogP) is 3.10. The van der Waals surface area contributed by atoms with Crippen molar-refractivity contribution in [1.82, 2.24) is 0 Å². The van der Waals surface area contributed by atoms with Crippen LogP contribution in [0.15, 0.2) is 24.3 Å². The van der Waals surface area contributed by atoms with Crippen molar-refractivity contribution in [3.63, 3.8) is 0 Å².